The van der Waals surface area contributed by atoms with Gasteiger partial charge >= 0.3 is 5.97 Å². The first-order valence-electron chi connectivity index (χ1n) is 4.93. The number of carbonyl (C=O) groups excluding carboxylic acids is 2. The highest BCUT2D eigenvalue weighted by Crippen LogP contribution is 2.07. The maximum Gasteiger partial charge on any atom is 0.306 e. The molecule has 14 heavy (non-hydrogen) atoms. The molecule has 0 N–H and O–H groups in total. The van der Waals surface area contributed by atoms with Gasteiger partial charge < -0.3 is 9.64 Å². The van der Waals surface area contributed by atoms with Crippen molar-refractivity contribution in [1.82, 2.24) is 4.90 Å². The quantitative estimate of drug-likeness (QED) is 0.625. The van der Waals surface area contributed by atoms with Gasteiger partial charge in [0.15, 0.2) is 0 Å². The average molecular weight is 201 g/mol. The first-order valence-corrected chi connectivity index (χ1v) is 4.93. The fourth-order valence-corrected chi connectivity index (χ4v) is 1.09. The van der Waals surface area contributed by atoms with Gasteiger partial charge in [-0.15, -0.1) is 0 Å². The van der Waals surface area contributed by atoms with Crippen molar-refractivity contribution < 1.29 is 14.3 Å². The van der Waals surface area contributed by atoms with Crippen LogP contribution in [0.4, 0.5) is 0 Å². The number of nitrogens with zero attached hydrogens (tertiary/aromatic N) is 1. The van der Waals surface area contributed by atoms with Crippen LogP contribution < -0.4 is 0 Å². The number of ether oxygens (including phenoxy) is 1. The molecule has 0 aromatic rings. The third-order valence-corrected chi connectivity index (χ3v) is 2.05. The van der Waals surface area contributed by atoms with Crippen molar-refractivity contribution in [2.24, 2.45) is 5.92 Å². The van der Waals surface area contributed by atoms with Crippen LogP contribution in [0, 0.1) is 5.92 Å². The Bertz CT molecular complexity index is 204. The zero-order valence-corrected chi connectivity index (χ0v) is 9.37. The number of esters is 1. The molecule has 0 fully saturated rings. The maximum atomic E-state index is 11.5. The van der Waals surface area contributed by atoms with E-state index in [2.05, 4.69) is 0 Å². The summed E-state index contributed by atoms with van der Waals surface area (Å²) < 4.78 is 4.77. The summed E-state index contributed by atoms with van der Waals surface area (Å²) in [5, 5.41) is 0. The summed E-state index contributed by atoms with van der Waals surface area (Å²) in [7, 11) is 1.73. The lowest BCUT2D eigenvalue weighted by molar-refractivity contribution is -0.147. The van der Waals surface area contributed by atoms with Crippen molar-refractivity contribution in [2.75, 3.05) is 20.2 Å². The number of carbonyl (C=O) groups is 2. The molecule has 4 nitrogen and oxygen atoms in total. The summed E-state index contributed by atoms with van der Waals surface area (Å²) in [4.78, 5) is 24.2. The largest absolute Gasteiger partial charge is 0.466 e. The second kappa shape index (κ2) is 6.40. The molecule has 0 radical (unpaired) electrons. The van der Waals surface area contributed by atoms with Crippen molar-refractivity contribution >= 4 is 11.9 Å². The number of hydrogen-bond donors (Lipinski definition) is 0. The van der Waals surface area contributed by atoms with E-state index in [4.69, 9.17) is 4.74 Å². The summed E-state index contributed by atoms with van der Waals surface area (Å²) in [6, 6.07) is 0. The van der Waals surface area contributed by atoms with E-state index in [-0.39, 0.29) is 24.2 Å². The molecule has 0 saturated carbocycles. The Morgan fingerprint density at radius 3 is 2.36 bits per heavy atom. The van der Waals surface area contributed by atoms with E-state index < -0.39 is 0 Å². The van der Waals surface area contributed by atoms with Crippen LogP contribution in [-0.2, 0) is 14.3 Å². The van der Waals surface area contributed by atoms with Crippen molar-refractivity contribution in [3.8, 4) is 0 Å². The zero-order chi connectivity index (χ0) is 11.1. The first kappa shape index (κ1) is 12.9. The Hall–Kier alpha value is -1.06. The zero-order valence-electron chi connectivity index (χ0n) is 9.37. The predicted molar refractivity (Wildman–Crippen MR) is 53.7 cm³/mol. The molecule has 4 heteroatoms. The van der Waals surface area contributed by atoms with Crippen LogP contribution >= 0.6 is 0 Å². The number of rotatable bonds is 5. The second-order valence-corrected chi connectivity index (χ2v) is 3.26. The molecule has 0 unspecified atom stereocenters. The lowest BCUT2D eigenvalue weighted by atomic mass is 10.1. The number of amides is 1. The van der Waals surface area contributed by atoms with Crippen LogP contribution in [0.15, 0.2) is 0 Å². The van der Waals surface area contributed by atoms with E-state index >= 15 is 0 Å². The number of hydrogen-bond acceptors (Lipinski definition) is 3. The van der Waals surface area contributed by atoms with Crippen molar-refractivity contribution in [1.29, 1.82) is 0 Å². The fourth-order valence-electron chi connectivity index (χ4n) is 1.09. The smallest absolute Gasteiger partial charge is 0.306 e. The van der Waals surface area contributed by atoms with Crippen LogP contribution in [0.3, 0.4) is 0 Å². The molecule has 0 aromatic heterocycles. The normalized spacial score (nSPS) is 12.0. The third kappa shape index (κ3) is 4.25. The molecule has 1 atom stereocenters. The van der Waals surface area contributed by atoms with Crippen LogP contribution in [0.25, 0.3) is 0 Å². The Kier molecular flexibility index (Phi) is 5.92. The van der Waals surface area contributed by atoms with Gasteiger partial charge in [-0.1, -0.05) is 6.92 Å². The molecule has 0 spiro atoms. The fraction of sp³-hybridized carbons (Fsp3) is 0.800. The van der Waals surface area contributed by atoms with Gasteiger partial charge in [0.2, 0.25) is 5.91 Å². The highest BCUT2D eigenvalue weighted by atomic mass is 16.5. The highest BCUT2D eigenvalue weighted by Gasteiger charge is 2.19. The summed E-state index contributed by atoms with van der Waals surface area (Å²) in [6.07, 6.45) is 0.164. The molecule has 0 aliphatic heterocycles. The van der Waals surface area contributed by atoms with Gasteiger partial charge in [0.25, 0.3) is 0 Å². The summed E-state index contributed by atoms with van der Waals surface area (Å²) in [6.45, 7) is 6.41. The van der Waals surface area contributed by atoms with Crippen molar-refractivity contribution in [2.45, 2.75) is 27.2 Å². The van der Waals surface area contributed by atoms with Gasteiger partial charge in [-0.3, -0.25) is 9.59 Å². The molecule has 82 valence electrons. The molecule has 0 saturated heterocycles. The minimum atomic E-state index is -0.308. The Morgan fingerprint density at radius 2 is 1.93 bits per heavy atom. The Balaban J connectivity index is 4.01. The van der Waals surface area contributed by atoms with E-state index in [0.717, 1.165) is 0 Å². The molecule has 0 aliphatic carbocycles. The molecule has 0 heterocycles. The van der Waals surface area contributed by atoms with Crippen LogP contribution in [0.2, 0.25) is 0 Å². The van der Waals surface area contributed by atoms with E-state index in [0.29, 0.717) is 13.2 Å². The van der Waals surface area contributed by atoms with Crippen molar-refractivity contribution in [3.05, 3.63) is 0 Å². The van der Waals surface area contributed by atoms with Crippen LogP contribution in [-0.4, -0.2) is 37.0 Å². The van der Waals surface area contributed by atoms with Crippen LogP contribution in [0.1, 0.15) is 27.2 Å². The Labute approximate surface area is 85.2 Å². The minimum absolute atomic E-state index is 0.0134. The van der Waals surface area contributed by atoms with Gasteiger partial charge in [0, 0.05) is 19.5 Å². The van der Waals surface area contributed by atoms with Gasteiger partial charge in [0.05, 0.1) is 13.0 Å². The molecule has 0 aliphatic rings. The summed E-state index contributed by atoms with van der Waals surface area (Å²) in [5.74, 6) is -0.614. The topological polar surface area (TPSA) is 46.6 Å². The minimum Gasteiger partial charge on any atom is -0.466 e. The monoisotopic (exact) mass is 201 g/mol. The lowest BCUT2D eigenvalue weighted by Gasteiger charge is -2.18. The average Bonchev–Trinajstić information content (AvgIpc) is 2.15. The van der Waals surface area contributed by atoms with Gasteiger partial charge in [-0.25, -0.2) is 0 Å². The van der Waals surface area contributed by atoms with Gasteiger partial charge in [-0.2, -0.15) is 0 Å². The second-order valence-electron chi connectivity index (χ2n) is 3.26. The van der Waals surface area contributed by atoms with E-state index in [1.54, 1.807) is 25.8 Å². The molecule has 0 rings (SSSR count). The third-order valence-electron chi connectivity index (χ3n) is 2.05. The standard InChI is InChI=1S/C10H19NO3/c1-5-11(4)10(13)8(3)7-9(12)14-6-2/h8H,5-7H2,1-4H3/t8-/m1/s1. The molecular weight excluding hydrogens is 182 g/mol. The Morgan fingerprint density at radius 1 is 1.36 bits per heavy atom. The summed E-state index contributed by atoms with van der Waals surface area (Å²) in [5.41, 5.74) is 0. The van der Waals surface area contributed by atoms with Crippen LogP contribution in [0.5, 0.6) is 0 Å². The SMILES string of the molecule is CCOC(=O)C[C@@H](C)C(=O)N(C)CC. The lowest BCUT2D eigenvalue weighted by Crippen LogP contribution is -2.32. The van der Waals surface area contributed by atoms with E-state index in [1.807, 2.05) is 6.92 Å². The van der Waals surface area contributed by atoms with Gasteiger partial charge in [-0.05, 0) is 13.8 Å². The summed E-state index contributed by atoms with van der Waals surface area (Å²) >= 11 is 0. The van der Waals surface area contributed by atoms with Gasteiger partial charge in [0.1, 0.15) is 0 Å². The molecular formula is C10H19NO3. The predicted octanol–water partition coefficient (Wildman–Crippen LogP) is 1.05. The molecule has 1 amide bonds. The molecule has 0 bridgehead atoms. The van der Waals surface area contributed by atoms with E-state index in [1.165, 1.54) is 0 Å². The molecule has 0 aromatic carbocycles. The first-order chi connectivity index (χ1) is 6.52. The highest BCUT2D eigenvalue weighted by molar-refractivity contribution is 5.83. The maximum absolute atomic E-state index is 11.5. The van der Waals surface area contributed by atoms with E-state index in [9.17, 15) is 9.59 Å². The van der Waals surface area contributed by atoms with Crippen molar-refractivity contribution in [3.63, 3.8) is 0 Å².